The summed E-state index contributed by atoms with van der Waals surface area (Å²) in [7, 11) is 1.81. The molecule has 0 radical (unpaired) electrons. The van der Waals surface area contributed by atoms with Crippen molar-refractivity contribution in [2.24, 2.45) is 5.73 Å². The highest BCUT2D eigenvalue weighted by molar-refractivity contribution is 4.89. The Kier molecular flexibility index (Phi) is 4.56. The molecule has 2 N–H and O–H groups in total. The molecule has 1 saturated heterocycles. The molecule has 0 aromatic rings. The van der Waals surface area contributed by atoms with Gasteiger partial charge in [0.2, 0.25) is 0 Å². The summed E-state index contributed by atoms with van der Waals surface area (Å²) in [6.07, 6.45) is 3.42. The van der Waals surface area contributed by atoms with E-state index in [2.05, 4.69) is 25.7 Å². The van der Waals surface area contributed by atoms with Gasteiger partial charge in [-0.2, -0.15) is 0 Å². The summed E-state index contributed by atoms with van der Waals surface area (Å²) >= 11 is 0. The molecule has 0 aromatic carbocycles. The van der Waals surface area contributed by atoms with Crippen molar-refractivity contribution in [3.05, 3.63) is 0 Å². The first-order valence-electron chi connectivity index (χ1n) is 6.07. The van der Waals surface area contributed by atoms with Gasteiger partial charge in [-0.15, -0.1) is 0 Å². The highest BCUT2D eigenvalue weighted by Gasteiger charge is 2.33. The van der Waals surface area contributed by atoms with E-state index in [4.69, 9.17) is 10.5 Å². The predicted octanol–water partition coefficient (Wildman–Crippen LogP) is 1.61. The Morgan fingerprint density at radius 2 is 2.20 bits per heavy atom. The standard InChI is InChI=1S/C12H26N2O/c1-5-11(13)10(2)14-8-6-7-12(3,9-14)15-4/h10-11H,5-9,13H2,1-4H3. The van der Waals surface area contributed by atoms with Crippen LogP contribution in [0.25, 0.3) is 0 Å². The van der Waals surface area contributed by atoms with Gasteiger partial charge < -0.3 is 10.5 Å². The van der Waals surface area contributed by atoms with E-state index in [9.17, 15) is 0 Å². The average molecular weight is 214 g/mol. The lowest BCUT2D eigenvalue weighted by Gasteiger charge is -2.43. The molecule has 3 heteroatoms. The molecule has 90 valence electrons. The van der Waals surface area contributed by atoms with E-state index in [1.807, 2.05) is 7.11 Å². The molecule has 15 heavy (non-hydrogen) atoms. The zero-order valence-electron chi connectivity index (χ0n) is 10.6. The van der Waals surface area contributed by atoms with Gasteiger partial charge in [-0.25, -0.2) is 0 Å². The Morgan fingerprint density at radius 3 is 2.73 bits per heavy atom. The SMILES string of the molecule is CCC(N)C(C)N1CCCC(C)(OC)C1. The number of nitrogens with two attached hydrogens (primary N) is 1. The van der Waals surface area contributed by atoms with E-state index in [1.54, 1.807) is 0 Å². The van der Waals surface area contributed by atoms with E-state index in [-0.39, 0.29) is 11.6 Å². The Balaban J connectivity index is 2.56. The monoisotopic (exact) mass is 214 g/mol. The zero-order chi connectivity index (χ0) is 11.5. The van der Waals surface area contributed by atoms with E-state index < -0.39 is 0 Å². The molecule has 3 nitrogen and oxygen atoms in total. The summed E-state index contributed by atoms with van der Waals surface area (Å²) in [6.45, 7) is 8.76. The van der Waals surface area contributed by atoms with Gasteiger partial charge in [-0.05, 0) is 39.7 Å². The number of piperidine rings is 1. The molecule has 1 aliphatic heterocycles. The highest BCUT2D eigenvalue weighted by Crippen LogP contribution is 2.25. The number of hydrogen-bond donors (Lipinski definition) is 1. The van der Waals surface area contributed by atoms with Gasteiger partial charge in [0, 0.05) is 25.7 Å². The van der Waals surface area contributed by atoms with E-state index >= 15 is 0 Å². The molecule has 0 spiro atoms. The number of hydrogen-bond acceptors (Lipinski definition) is 3. The molecule has 1 fully saturated rings. The lowest BCUT2D eigenvalue weighted by Crippen LogP contribution is -2.55. The number of ether oxygens (including phenoxy) is 1. The summed E-state index contributed by atoms with van der Waals surface area (Å²) in [5.41, 5.74) is 6.12. The maximum atomic E-state index is 6.09. The minimum atomic E-state index is 0.0277. The fraction of sp³-hybridized carbons (Fsp3) is 1.00. The van der Waals surface area contributed by atoms with Crippen molar-refractivity contribution in [1.29, 1.82) is 0 Å². The van der Waals surface area contributed by atoms with Crippen LogP contribution in [0.1, 0.15) is 40.0 Å². The third-order valence-corrected chi connectivity index (χ3v) is 3.85. The van der Waals surface area contributed by atoms with E-state index in [0.29, 0.717) is 6.04 Å². The first-order chi connectivity index (χ1) is 7.02. The number of nitrogens with zero attached hydrogens (tertiary/aromatic N) is 1. The zero-order valence-corrected chi connectivity index (χ0v) is 10.6. The molecule has 0 amide bonds. The van der Waals surface area contributed by atoms with Crippen molar-refractivity contribution < 1.29 is 4.74 Å². The van der Waals surface area contributed by atoms with Gasteiger partial charge in [0.1, 0.15) is 0 Å². The molecular formula is C12H26N2O. The van der Waals surface area contributed by atoms with Crippen molar-refractivity contribution in [2.75, 3.05) is 20.2 Å². The van der Waals surface area contributed by atoms with Crippen LogP contribution in [0.3, 0.4) is 0 Å². The summed E-state index contributed by atoms with van der Waals surface area (Å²) in [6, 6.07) is 0.744. The first-order valence-corrected chi connectivity index (χ1v) is 6.07. The van der Waals surface area contributed by atoms with Crippen molar-refractivity contribution in [3.8, 4) is 0 Å². The molecule has 3 atom stereocenters. The fourth-order valence-corrected chi connectivity index (χ4v) is 2.37. The summed E-state index contributed by atoms with van der Waals surface area (Å²) in [4.78, 5) is 2.47. The smallest absolute Gasteiger partial charge is 0.0777 e. The van der Waals surface area contributed by atoms with Gasteiger partial charge >= 0.3 is 0 Å². The lowest BCUT2D eigenvalue weighted by molar-refractivity contribution is -0.0617. The largest absolute Gasteiger partial charge is 0.377 e. The lowest BCUT2D eigenvalue weighted by atomic mass is 9.92. The third-order valence-electron chi connectivity index (χ3n) is 3.85. The van der Waals surface area contributed by atoms with E-state index in [0.717, 1.165) is 25.9 Å². The molecule has 0 bridgehead atoms. The minimum absolute atomic E-state index is 0.0277. The van der Waals surface area contributed by atoms with Crippen LogP contribution in [0.2, 0.25) is 0 Å². The summed E-state index contributed by atoms with van der Waals surface area (Å²) < 4.78 is 5.59. The maximum Gasteiger partial charge on any atom is 0.0777 e. The van der Waals surface area contributed by atoms with Crippen LogP contribution >= 0.6 is 0 Å². The second-order valence-electron chi connectivity index (χ2n) is 5.04. The second-order valence-corrected chi connectivity index (χ2v) is 5.04. The van der Waals surface area contributed by atoms with Gasteiger partial charge in [-0.3, -0.25) is 4.90 Å². The van der Waals surface area contributed by atoms with Crippen LogP contribution < -0.4 is 5.73 Å². The molecule has 1 rings (SSSR count). The van der Waals surface area contributed by atoms with Crippen LogP contribution in [0.4, 0.5) is 0 Å². The topological polar surface area (TPSA) is 38.5 Å². The van der Waals surface area contributed by atoms with Crippen LogP contribution in [-0.4, -0.2) is 42.8 Å². The van der Waals surface area contributed by atoms with Gasteiger partial charge in [0.15, 0.2) is 0 Å². The predicted molar refractivity (Wildman–Crippen MR) is 63.9 cm³/mol. The molecule has 1 heterocycles. The Hall–Kier alpha value is -0.120. The molecule has 0 aromatic heterocycles. The van der Waals surface area contributed by atoms with Crippen molar-refractivity contribution in [1.82, 2.24) is 4.90 Å². The van der Waals surface area contributed by atoms with Gasteiger partial charge in [0.25, 0.3) is 0 Å². The molecule has 0 aliphatic carbocycles. The molecule has 1 aliphatic rings. The third kappa shape index (κ3) is 3.16. The Labute approximate surface area is 94.0 Å². The Bertz CT molecular complexity index is 198. The fourth-order valence-electron chi connectivity index (χ4n) is 2.37. The van der Waals surface area contributed by atoms with Crippen molar-refractivity contribution >= 4 is 0 Å². The van der Waals surface area contributed by atoms with Crippen LogP contribution in [0.5, 0.6) is 0 Å². The number of methoxy groups -OCH3 is 1. The molecular weight excluding hydrogens is 188 g/mol. The second kappa shape index (κ2) is 5.28. The van der Waals surface area contributed by atoms with Crippen LogP contribution in [-0.2, 0) is 4.74 Å². The minimum Gasteiger partial charge on any atom is -0.377 e. The normalized spacial score (nSPS) is 32.6. The highest BCUT2D eigenvalue weighted by atomic mass is 16.5. The molecule has 3 unspecified atom stereocenters. The summed E-state index contributed by atoms with van der Waals surface area (Å²) in [5.74, 6) is 0. The van der Waals surface area contributed by atoms with Crippen molar-refractivity contribution in [3.63, 3.8) is 0 Å². The number of likely N-dealkylation sites (tertiary alicyclic amines) is 1. The maximum absolute atomic E-state index is 6.09. The average Bonchev–Trinajstić information content (AvgIpc) is 2.27. The van der Waals surface area contributed by atoms with Crippen LogP contribution in [0, 0.1) is 0 Å². The quantitative estimate of drug-likeness (QED) is 0.773. The number of rotatable bonds is 4. The summed E-state index contributed by atoms with van der Waals surface area (Å²) in [5, 5.41) is 0. The van der Waals surface area contributed by atoms with Gasteiger partial charge in [0.05, 0.1) is 5.60 Å². The molecule has 0 saturated carbocycles. The van der Waals surface area contributed by atoms with Crippen molar-refractivity contribution in [2.45, 2.75) is 57.7 Å². The van der Waals surface area contributed by atoms with E-state index in [1.165, 1.54) is 6.42 Å². The van der Waals surface area contributed by atoms with Crippen LogP contribution in [0.15, 0.2) is 0 Å². The first kappa shape index (κ1) is 12.9. The Morgan fingerprint density at radius 1 is 1.53 bits per heavy atom. The van der Waals surface area contributed by atoms with Gasteiger partial charge in [-0.1, -0.05) is 6.92 Å².